The van der Waals surface area contributed by atoms with Gasteiger partial charge in [-0.05, 0) is 24.3 Å². The van der Waals surface area contributed by atoms with Crippen molar-refractivity contribution in [1.29, 1.82) is 0 Å². The van der Waals surface area contributed by atoms with Gasteiger partial charge < -0.3 is 5.73 Å². The molecule has 0 aliphatic heterocycles. The average Bonchev–Trinajstić information content (AvgIpc) is 2.42. The van der Waals surface area contributed by atoms with E-state index in [0.717, 1.165) is 4.90 Å². The first kappa shape index (κ1) is 15.0. The van der Waals surface area contributed by atoms with Crippen LogP contribution in [0.2, 0.25) is 0 Å². The number of hydrogen-bond acceptors (Lipinski definition) is 3. The van der Waals surface area contributed by atoms with Gasteiger partial charge in [-0.3, -0.25) is 4.21 Å². The van der Waals surface area contributed by atoms with Gasteiger partial charge in [-0.1, -0.05) is 36.4 Å². The maximum absolute atomic E-state index is 10.8. The van der Waals surface area contributed by atoms with Crippen LogP contribution in [-0.2, 0) is 10.8 Å². The lowest BCUT2D eigenvalue weighted by atomic mass is 10.4. The van der Waals surface area contributed by atoms with Gasteiger partial charge in [0.25, 0.3) is 0 Å². The number of rotatable bonds is 3. The summed E-state index contributed by atoms with van der Waals surface area (Å²) >= 11 is 1.65. The third-order valence-electron chi connectivity index (χ3n) is 2.07. The monoisotopic (exact) mass is 279 g/mol. The van der Waals surface area contributed by atoms with Crippen LogP contribution in [-0.4, -0.2) is 16.3 Å². The van der Waals surface area contributed by atoms with Crippen molar-refractivity contribution < 1.29 is 4.21 Å². The number of nitrogens with two attached hydrogens (primary N) is 1. The molecule has 0 aliphatic rings. The van der Waals surface area contributed by atoms with Gasteiger partial charge in [0.15, 0.2) is 0 Å². The minimum Gasteiger partial charge on any atom is -0.322 e. The molecule has 0 saturated carbocycles. The summed E-state index contributed by atoms with van der Waals surface area (Å²) in [4.78, 5) is 2.12. The summed E-state index contributed by atoms with van der Waals surface area (Å²) in [6.07, 6.45) is 1.68. The molecule has 4 heteroatoms. The summed E-state index contributed by atoms with van der Waals surface area (Å²) in [7, 11) is -0.829. The zero-order valence-corrected chi connectivity index (χ0v) is 11.9. The highest BCUT2D eigenvalue weighted by Gasteiger charge is 1.90. The second-order valence-corrected chi connectivity index (χ2v) is 5.86. The molecule has 1 atom stereocenters. The Morgan fingerprint density at radius 2 is 1.50 bits per heavy atom. The molecular weight excluding hydrogens is 262 g/mol. The molecule has 96 valence electrons. The van der Waals surface area contributed by atoms with Crippen LogP contribution in [0.1, 0.15) is 0 Å². The Morgan fingerprint density at radius 3 is 1.89 bits per heavy atom. The Kier molecular flexibility index (Phi) is 7.41. The Labute approximate surface area is 115 Å². The molecule has 18 heavy (non-hydrogen) atoms. The summed E-state index contributed by atoms with van der Waals surface area (Å²) in [5.74, 6) is 0.657. The van der Waals surface area contributed by atoms with Gasteiger partial charge in [0.05, 0.1) is 0 Å². The molecule has 2 nitrogen and oxygen atoms in total. The largest absolute Gasteiger partial charge is 0.322 e. The number of hydrogen-bond donors (Lipinski definition) is 1. The number of thioether (sulfide) groups is 1. The molecule has 2 rings (SSSR count). The molecule has 0 aliphatic carbocycles. The molecule has 2 aromatic carbocycles. The van der Waals surface area contributed by atoms with E-state index >= 15 is 0 Å². The molecule has 0 bridgehead atoms. The van der Waals surface area contributed by atoms with E-state index < -0.39 is 10.8 Å². The molecule has 0 radical (unpaired) electrons. The van der Waals surface area contributed by atoms with Crippen molar-refractivity contribution in [3.8, 4) is 0 Å². The van der Waals surface area contributed by atoms with E-state index in [-0.39, 0.29) is 0 Å². The quantitative estimate of drug-likeness (QED) is 0.693. The van der Waals surface area contributed by atoms with Gasteiger partial charge in [0, 0.05) is 32.7 Å². The second-order valence-electron chi connectivity index (χ2n) is 3.39. The van der Waals surface area contributed by atoms with Gasteiger partial charge in [0.2, 0.25) is 0 Å². The van der Waals surface area contributed by atoms with Crippen LogP contribution in [0.25, 0.3) is 0 Å². The van der Waals surface area contributed by atoms with Crippen molar-refractivity contribution in [1.82, 2.24) is 0 Å². The minimum atomic E-state index is -0.829. The van der Waals surface area contributed by atoms with Crippen LogP contribution in [0.15, 0.2) is 70.5 Å². The van der Waals surface area contributed by atoms with E-state index in [1.165, 1.54) is 4.90 Å². The van der Waals surface area contributed by atoms with Crippen molar-refractivity contribution in [3.63, 3.8) is 0 Å². The first-order chi connectivity index (χ1) is 8.74. The maximum Gasteiger partial charge on any atom is 0.0498 e. The zero-order chi connectivity index (χ0) is 13.2. The summed E-state index contributed by atoms with van der Waals surface area (Å²) in [5, 5.41) is 0. The molecule has 2 aromatic rings. The highest BCUT2D eigenvalue weighted by atomic mass is 32.2. The first-order valence-corrected chi connectivity index (χ1v) is 8.05. The van der Waals surface area contributed by atoms with Gasteiger partial charge in [-0.2, -0.15) is 0 Å². The SMILES string of the molecule is CS(=O)c1ccccc1.NCSc1ccccc1. The predicted octanol–water partition coefficient (Wildman–Crippen LogP) is 3.12. The fraction of sp³-hybridized carbons (Fsp3) is 0.143. The fourth-order valence-electron chi connectivity index (χ4n) is 1.23. The fourth-order valence-corrected chi connectivity index (χ4v) is 2.31. The van der Waals surface area contributed by atoms with Crippen LogP contribution >= 0.6 is 11.8 Å². The van der Waals surface area contributed by atoms with E-state index in [1.807, 2.05) is 48.5 Å². The van der Waals surface area contributed by atoms with Gasteiger partial charge >= 0.3 is 0 Å². The van der Waals surface area contributed by atoms with E-state index in [0.29, 0.717) is 5.88 Å². The number of benzene rings is 2. The zero-order valence-electron chi connectivity index (χ0n) is 10.3. The standard InChI is InChI=1S/C7H9NS.C7H8OS/c8-6-9-7-4-2-1-3-5-7;1-9(8)7-5-3-2-4-6-7/h1-5H,6,8H2;2-6H,1H3. The van der Waals surface area contributed by atoms with Crippen molar-refractivity contribution in [2.75, 3.05) is 12.1 Å². The van der Waals surface area contributed by atoms with Crippen molar-refractivity contribution in [2.24, 2.45) is 5.73 Å². The summed E-state index contributed by atoms with van der Waals surface area (Å²) in [6.45, 7) is 0. The molecular formula is C14H17NOS2. The highest BCUT2D eigenvalue weighted by Crippen LogP contribution is 2.13. The molecule has 1 unspecified atom stereocenters. The van der Waals surface area contributed by atoms with Crippen LogP contribution < -0.4 is 5.73 Å². The lowest BCUT2D eigenvalue weighted by Gasteiger charge is -1.93. The van der Waals surface area contributed by atoms with Crippen molar-refractivity contribution >= 4 is 22.6 Å². The molecule has 0 spiro atoms. The van der Waals surface area contributed by atoms with Gasteiger partial charge in [0.1, 0.15) is 0 Å². The van der Waals surface area contributed by atoms with Crippen molar-refractivity contribution in [3.05, 3.63) is 60.7 Å². The van der Waals surface area contributed by atoms with E-state index in [9.17, 15) is 4.21 Å². The van der Waals surface area contributed by atoms with Gasteiger partial charge in [-0.25, -0.2) is 0 Å². The maximum atomic E-state index is 10.8. The van der Waals surface area contributed by atoms with Crippen LogP contribution in [0.3, 0.4) is 0 Å². The molecule has 2 N–H and O–H groups in total. The molecule has 0 aromatic heterocycles. The van der Waals surface area contributed by atoms with E-state index in [1.54, 1.807) is 18.0 Å². The lowest BCUT2D eigenvalue weighted by Crippen LogP contribution is -1.90. The normalized spacial score (nSPS) is 11.2. The van der Waals surface area contributed by atoms with Gasteiger partial charge in [-0.15, -0.1) is 11.8 Å². The minimum absolute atomic E-state index is 0.657. The molecule has 0 fully saturated rings. The third kappa shape index (κ3) is 6.00. The third-order valence-corrected chi connectivity index (χ3v) is 3.78. The Balaban J connectivity index is 0.000000180. The van der Waals surface area contributed by atoms with Crippen molar-refractivity contribution in [2.45, 2.75) is 9.79 Å². The summed E-state index contributed by atoms with van der Waals surface area (Å²) in [6, 6.07) is 19.5. The smallest absolute Gasteiger partial charge is 0.0498 e. The first-order valence-electron chi connectivity index (χ1n) is 5.50. The molecule has 0 saturated heterocycles. The van der Waals surface area contributed by atoms with Crippen LogP contribution in [0.5, 0.6) is 0 Å². The van der Waals surface area contributed by atoms with Crippen LogP contribution in [0, 0.1) is 0 Å². The Morgan fingerprint density at radius 1 is 1.00 bits per heavy atom. The summed E-state index contributed by atoms with van der Waals surface area (Å²) < 4.78 is 10.8. The van der Waals surface area contributed by atoms with E-state index in [2.05, 4.69) is 12.1 Å². The second kappa shape index (κ2) is 8.91. The Hall–Kier alpha value is -1.10. The average molecular weight is 279 g/mol. The summed E-state index contributed by atoms with van der Waals surface area (Å²) in [5.41, 5.74) is 5.32. The lowest BCUT2D eigenvalue weighted by molar-refractivity contribution is 0.687. The Bertz CT molecular complexity index is 460. The van der Waals surface area contributed by atoms with E-state index in [4.69, 9.17) is 5.73 Å². The predicted molar refractivity (Wildman–Crippen MR) is 80.1 cm³/mol. The highest BCUT2D eigenvalue weighted by molar-refractivity contribution is 7.99. The van der Waals surface area contributed by atoms with Crippen LogP contribution in [0.4, 0.5) is 0 Å². The molecule has 0 amide bonds. The topological polar surface area (TPSA) is 43.1 Å². The molecule has 0 heterocycles.